The summed E-state index contributed by atoms with van der Waals surface area (Å²) in [5, 5.41) is 3.28. The number of primary amides is 1. The molecule has 20 heavy (non-hydrogen) atoms. The van der Waals surface area contributed by atoms with Crippen molar-refractivity contribution in [1.29, 1.82) is 0 Å². The number of carbonyl (C=O) groups excluding carboxylic acids is 1. The van der Waals surface area contributed by atoms with Gasteiger partial charge in [0, 0.05) is 13.1 Å². The SMILES string of the molecule is CCCNC(C)(CCCN1CC(C)OC(C)C1)C(N)=O. The van der Waals surface area contributed by atoms with Crippen LogP contribution in [0.15, 0.2) is 0 Å². The largest absolute Gasteiger partial charge is 0.373 e. The molecule has 1 heterocycles. The Morgan fingerprint density at radius 3 is 2.50 bits per heavy atom. The fourth-order valence-corrected chi connectivity index (χ4v) is 2.82. The van der Waals surface area contributed by atoms with Crippen molar-refractivity contribution in [3.63, 3.8) is 0 Å². The lowest BCUT2D eigenvalue weighted by Crippen LogP contribution is -2.54. The molecule has 0 aromatic heterocycles. The van der Waals surface area contributed by atoms with Crippen molar-refractivity contribution in [2.45, 2.75) is 64.7 Å². The Bertz CT molecular complexity index is 301. The van der Waals surface area contributed by atoms with E-state index in [1.54, 1.807) is 0 Å². The molecule has 118 valence electrons. The predicted molar refractivity (Wildman–Crippen MR) is 81.6 cm³/mol. The van der Waals surface area contributed by atoms with E-state index in [1.165, 1.54) is 0 Å². The molecule has 3 N–H and O–H groups in total. The maximum Gasteiger partial charge on any atom is 0.237 e. The van der Waals surface area contributed by atoms with Crippen LogP contribution in [0.3, 0.4) is 0 Å². The number of rotatable bonds is 8. The lowest BCUT2D eigenvalue weighted by Gasteiger charge is -2.36. The van der Waals surface area contributed by atoms with Gasteiger partial charge in [0.2, 0.25) is 5.91 Å². The number of amides is 1. The summed E-state index contributed by atoms with van der Waals surface area (Å²) in [6.07, 6.45) is 3.33. The van der Waals surface area contributed by atoms with Gasteiger partial charge in [-0.15, -0.1) is 0 Å². The molecular weight excluding hydrogens is 254 g/mol. The van der Waals surface area contributed by atoms with E-state index in [9.17, 15) is 4.79 Å². The highest BCUT2D eigenvalue weighted by Gasteiger charge is 2.30. The van der Waals surface area contributed by atoms with E-state index in [2.05, 4.69) is 31.0 Å². The number of nitrogens with two attached hydrogens (primary N) is 1. The van der Waals surface area contributed by atoms with E-state index in [0.29, 0.717) is 12.2 Å². The highest BCUT2D eigenvalue weighted by Crippen LogP contribution is 2.15. The van der Waals surface area contributed by atoms with Gasteiger partial charge in [0.15, 0.2) is 0 Å². The minimum absolute atomic E-state index is 0.255. The molecule has 1 saturated heterocycles. The number of carbonyl (C=O) groups is 1. The molecule has 3 atom stereocenters. The van der Waals surface area contributed by atoms with Gasteiger partial charge < -0.3 is 15.8 Å². The average molecular weight is 285 g/mol. The normalized spacial score (nSPS) is 27.2. The van der Waals surface area contributed by atoms with Gasteiger partial charge in [-0.05, 0) is 53.1 Å². The Kier molecular flexibility index (Phi) is 6.92. The van der Waals surface area contributed by atoms with Gasteiger partial charge in [0.1, 0.15) is 0 Å². The summed E-state index contributed by atoms with van der Waals surface area (Å²) in [6, 6.07) is 0. The molecule has 0 aromatic carbocycles. The van der Waals surface area contributed by atoms with Gasteiger partial charge in [-0.2, -0.15) is 0 Å². The molecule has 0 radical (unpaired) electrons. The third-order valence-electron chi connectivity index (χ3n) is 3.96. The first-order valence-electron chi connectivity index (χ1n) is 7.80. The summed E-state index contributed by atoms with van der Waals surface area (Å²) in [7, 11) is 0. The van der Waals surface area contributed by atoms with Crippen LogP contribution in [-0.2, 0) is 9.53 Å². The Balaban J connectivity index is 2.38. The van der Waals surface area contributed by atoms with E-state index < -0.39 is 5.54 Å². The third kappa shape index (κ3) is 5.38. The maximum absolute atomic E-state index is 11.6. The standard InChI is InChI=1S/C15H31N3O2/c1-5-8-17-15(4,14(16)19)7-6-9-18-10-12(2)20-13(3)11-18/h12-13,17H,5-11H2,1-4H3,(H2,16,19). The lowest BCUT2D eigenvalue weighted by atomic mass is 9.94. The molecule has 1 aliphatic heterocycles. The topological polar surface area (TPSA) is 67.6 Å². The summed E-state index contributed by atoms with van der Waals surface area (Å²) in [5.41, 5.74) is 4.96. The average Bonchev–Trinajstić information content (AvgIpc) is 2.35. The van der Waals surface area contributed by atoms with Crippen LogP contribution in [-0.4, -0.2) is 54.7 Å². The summed E-state index contributed by atoms with van der Waals surface area (Å²) in [6.45, 7) is 12.0. The van der Waals surface area contributed by atoms with Crippen LogP contribution in [0, 0.1) is 0 Å². The molecule has 3 unspecified atom stereocenters. The molecule has 0 bridgehead atoms. The Hall–Kier alpha value is -0.650. The second-order valence-corrected chi connectivity index (χ2v) is 6.24. The predicted octanol–water partition coefficient (Wildman–Crippen LogP) is 1.12. The number of nitrogens with one attached hydrogen (secondary N) is 1. The molecule has 0 aromatic rings. The Morgan fingerprint density at radius 2 is 2.00 bits per heavy atom. The molecule has 0 aliphatic carbocycles. The molecule has 1 aliphatic rings. The van der Waals surface area contributed by atoms with E-state index in [-0.39, 0.29) is 5.91 Å². The molecule has 5 heteroatoms. The third-order valence-corrected chi connectivity index (χ3v) is 3.96. The highest BCUT2D eigenvalue weighted by molar-refractivity contribution is 5.84. The van der Waals surface area contributed by atoms with Crippen LogP contribution in [0.1, 0.15) is 47.0 Å². The first-order chi connectivity index (χ1) is 9.37. The number of ether oxygens (including phenoxy) is 1. The number of nitrogens with zero attached hydrogens (tertiary/aromatic N) is 1. The summed E-state index contributed by atoms with van der Waals surface area (Å²) < 4.78 is 5.73. The minimum Gasteiger partial charge on any atom is -0.373 e. The fraction of sp³-hybridized carbons (Fsp3) is 0.933. The van der Waals surface area contributed by atoms with Gasteiger partial charge in [-0.1, -0.05) is 6.92 Å². The van der Waals surface area contributed by atoms with Crippen molar-refractivity contribution in [3.05, 3.63) is 0 Å². The first-order valence-corrected chi connectivity index (χ1v) is 7.80. The number of morpholine rings is 1. The van der Waals surface area contributed by atoms with Gasteiger partial charge in [-0.25, -0.2) is 0 Å². The molecule has 1 fully saturated rings. The Morgan fingerprint density at radius 1 is 1.40 bits per heavy atom. The second kappa shape index (κ2) is 7.96. The lowest BCUT2D eigenvalue weighted by molar-refractivity contribution is -0.124. The van der Waals surface area contributed by atoms with Crippen LogP contribution in [0.4, 0.5) is 0 Å². The van der Waals surface area contributed by atoms with Gasteiger partial charge in [0.25, 0.3) is 0 Å². The minimum atomic E-state index is -0.584. The zero-order valence-corrected chi connectivity index (χ0v) is 13.4. The van der Waals surface area contributed by atoms with Crippen LogP contribution in [0.2, 0.25) is 0 Å². The molecular formula is C15H31N3O2. The summed E-state index contributed by atoms with van der Waals surface area (Å²) >= 11 is 0. The van der Waals surface area contributed by atoms with Crippen molar-refractivity contribution in [1.82, 2.24) is 10.2 Å². The van der Waals surface area contributed by atoms with Crippen molar-refractivity contribution < 1.29 is 9.53 Å². The van der Waals surface area contributed by atoms with Crippen LogP contribution in [0.5, 0.6) is 0 Å². The number of hydrogen-bond acceptors (Lipinski definition) is 4. The smallest absolute Gasteiger partial charge is 0.237 e. The van der Waals surface area contributed by atoms with Crippen LogP contribution < -0.4 is 11.1 Å². The van der Waals surface area contributed by atoms with Crippen molar-refractivity contribution in [2.24, 2.45) is 5.73 Å². The van der Waals surface area contributed by atoms with Crippen molar-refractivity contribution in [3.8, 4) is 0 Å². The maximum atomic E-state index is 11.6. The number of hydrogen-bond donors (Lipinski definition) is 2. The first kappa shape index (κ1) is 17.4. The quantitative estimate of drug-likeness (QED) is 0.701. The van der Waals surface area contributed by atoms with E-state index >= 15 is 0 Å². The van der Waals surface area contributed by atoms with Crippen LogP contribution in [0.25, 0.3) is 0 Å². The highest BCUT2D eigenvalue weighted by atomic mass is 16.5. The monoisotopic (exact) mass is 285 g/mol. The summed E-state index contributed by atoms with van der Waals surface area (Å²) in [5.74, 6) is -0.255. The Labute approximate surface area is 123 Å². The molecule has 1 rings (SSSR count). The molecule has 0 saturated carbocycles. The van der Waals surface area contributed by atoms with Crippen LogP contribution >= 0.6 is 0 Å². The van der Waals surface area contributed by atoms with Crippen molar-refractivity contribution in [2.75, 3.05) is 26.2 Å². The van der Waals surface area contributed by atoms with Gasteiger partial charge >= 0.3 is 0 Å². The molecule has 1 amide bonds. The fourth-order valence-electron chi connectivity index (χ4n) is 2.82. The van der Waals surface area contributed by atoms with Crippen molar-refractivity contribution >= 4 is 5.91 Å². The molecule has 5 nitrogen and oxygen atoms in total. The van der Waals surface area contributed by atoms with E-state index in [0.717, 1.165) is 45.4 Å². The van der Waals surface area contributed by atoms with Gasteiger partial charge in [-0.3, -0.25) is 9.69 Å². The zero-order chi connectivity index (χ0) is 15.2. The van der Waals surface area contributed by atoms with E-state index in [1.807, 2.05) is 6.92 Å². The van der Waals surface area contributed by atoms with Gasteiger partial charge in [0.05, 0.1) is 17.7 Å². The molecule has 0 spiro atoms. The van der Waals surface area contributed by atoms with E-state index in [4.69, 9.17) is 10.5 Å². The zero-order valence-electron chi connectivity index (χ0n) is 13.4. The summed E-state index contributed by atoms with van der Waals surface area (Å²) in [4.78, 5) is 14.1. The second-order valence-electron chi connectivity index (χ2n) is 6.24.